The van der Waals surface area contributed by atoms with Crippen LogP contribution in [0.4, 0.5) is 14.5 Å². The van der Waals surface area contributed by atoms with Gasteiger partial charge in [0.25, 0.3) is 0 Å². The van der Waals surface area contributed by atoms with E-state index in [1.165, 1.54) is 54.5 Å². The van der Waals surface area contributed by atoms with E-state index in [9.17, 15) is 18.8 Å². The van der Waals surface area contributed by atoms with Gasteiger partial charge in [0.2, 0.25) is 0 Å². The Balaban J connectivity index is 1.84. The number of nitrogens with two attached hydrogens (primary N) is 1. The van der Waals surface area contributed by atoms with Crippen molar-refractivity contribution in [2.45, 2.75) is 18.3 Å². The molecule has 0 saturated carbocycles. The third-order valence-electron chi connectivity index (χ3n) is 7.43. The van der Waals surface area contributed by atoms with Crippen LogP contribution in [-0.4, -0.2) is 31.9 Å². The van der Waals surface area contributed by atoms with Gasteiger partial charge in [0.05, 0.1) is 25.7 Å². The van der Waals surface area contributed by atoms with Crippen LogP contribution in [0.3, 0.4) is 0 Å². The fourth-order valence-electron chi connectivity index (χ4n) is 5.65. The van der Waals surface area contributed by atoms with Crippen molar-refractivity contribution in [3.8, 4) is 0 Å². The first-order valence-corrected chi connectivity index (χ1v) is 12.6. The van der Waals surface area contributed by atoms with Crippen molar-refractivity contribution < 1.29 is 32.6 Å². The molecular weight excluding hydrogens is 518 g/mol. The monoisotopic (exact) mass is 544 g/mol. The van der Waals surface area contributed by atoms with Gasteiger partial charge in [-0.2, -0.15) is 0 Å². The molecule has 5 rings (SSSR count). The Kier molecular flexibility index (Phi) is 7.21. The van der Waals surface area contributed by atoms with E-state index >= 15 is 4.39 Å². The number of hydrogen-bond donors (Lipinski definition) is 1. The fraction of sp³-hybridized carbons (Fsp3) is 0.194. The minimum Gasteiger partial charge on any atom is -0.468 e. The minimum absolute atomic E-state index is 0.0200. The quantitative estimate of drug-likeness (QED) is 0.367. The number of ether oxygens (including phenoxy) is 2. The number of methoxy groups -OCH3 is 2. The van der Waals surface area contributed by atoms with E-state index in [0.29, 0.717) is 16.9 Å². The molecule has 2 N–H and O–H groups in total. The molecule has 0 radical (unpaired) electrons. The summed E-state index contributed by atoms with van der Waals surface area (Å²) in [5, 5.41) is 0. The van der Waals surface area contributed by atoms with Gasteiger partial charge in [-0.25, -0.2) is 13.6 Å². The topological polar surface area (TPSA) is 98.9 Å². The SMILES string of the molecule is COC(=O)C1=C(N)N(c2ccc(F)cc2)C2=C(C(=O)C(C(=O)OC)C(c3ccccc3)C2)C1c1ccccc1F. The van der Waals surface area contributed by atoms with Crippen LogP contribution in [0.15, 0.2) is 102 Å². The van der Waals surface area contributed by atoms with Crippen LogP contribution in [0.1, 0.15) is 29.4 Å². The number of anilines is 1. The largest absolute Gasteiger partial charge is 0.468 e. The summed E-state index contributed by atoms with van der Waals surface area (Å²) in [5.74, 6) is -6.72. The number of benzene rings is 3. The molecule has 1 aliphatic heterocycles. The molecule has 0 aromatic heterocycles. The highest BCUT2D eigenvalue weighted by Gasteiger charge is 2.51. The van der Waals surface area contributed by atoms with E-state index in [-0.39, 0.29) is 29.0 Å². The highest BCUT2D eigenvalue weighted by Crippen LogP contribution is 2.51. The summed E-state index contributed by atoms with van der Waals surface area (Å²) in [6.07, 6.45) is 0.113. The van der Waals surface area contributed by atoms with Gasteiger partial charge in [-0.1, -0.05) is 48.5 Å². The van der Waals surface area contributed by atoms with E-state index in [4.69, 9.17) is 15.2 Å². The van der Waals surface area contributed by atoms with Gasteiger partial charge < -0.3 is 15.2 Å². The lowest BCUT2D eigenvalue weighted by molar-refractivity contribution is -0.150. The van der Waals surface area contributed by atoms with Crippen LogP contribution in [0.2, 0.25) is 0 Å². The zero-order valence-electron chi connectivity index (χ0n) is 21.8. The Labute approximate surface area is 229 Å². The molecule has 7 nitrogen and oxygen atoms in total. The van der Waals surface area contributed by atoms with Crippen molar-refractivity contribution in [1.29, 1.82) is 0 Å². The molecule has 0 bridgehead atoms. The maximum absolute atomic E-state index is 15.4. The summed E-state index contributed by atoms with van der Waals surface area (Å²) in [7, 11) is 2.35. The molecule has 3 aromatic carbocycles. The molecule has 3 unspecified atom stereocenters. The van der Waals surface area contributed by atoms with Gasteiger partial charge in [0.15, 0.2) is 5.78 Å². The lowest BCUT2D eigenvalue weighted by atomic mass is 9.67. The number of carbonyl (C=O) groups excluding carboxylic acids is 3. The summed E-state index contributed by atoms with van der Waals surface area (Å²) >= 11 is 0. The van der Waals surface area contributed by atoms with Crippen molar-refractivity contribution >= 4 is 23.4 Å². The number of hydrogen-bond acceptors (Lipinski definition) is 7. The molecule has 3 aromatic rings. The number of nitrogens with zero attached hydrogens (tertiary/aromatic N) is 1. The maximum Gasteiger partial charge on any atom is 0.338 e. The number of esters is 2. The average Bonchev–Trinajstić information content (AvgIpc) is 2.97. The van der Waals surface area contributed by atoms with Gasteiger partial charge >= 0.3 is 11.9 Å². The first-order chi connectivity index (χ1) is 19.3. The van der Waals surface area contributed by atoms with Crippen LogP contribution < -0.4 is 10.6 Å². The number of halogens is 2. The zero-order chi connectivity index (χ0) is 28.6. The third kappa shape index (κ3) is 4.43. The molecule has 0 fully saturated rings. The van der Waals surface area contributed by atoms with Gasteiger partial charge in [-0.3, -0.25) is 14.5 Å². The van der Waals surface area contributed by atoms with Crippen molar-refractivity contribution in [3.05, 3.63) is 124 Å². The highest BCUT2D eigenvalue weighted by atomic mass is 19.1. The normalized spacial score (nSPS) is 20.8. The van der Waals surface area contributed by atoms with Crippen LogP contribution in [-0.2, 0) is 23.9 Å². The predicted molar refractivity (Wildman–Crippen MR) is 143 cm³/mol. The first kappa shape index (κ1) is 26.8. The van der Waals surface area contributed by atoms with Gasteiger partial charge in [0, 0.05) is 28.4 Å². The van der Waals surface area contributed by atoms with Crippen molar-refractivity contribution in [3.63, 3.8) is 0 Å². The van der Waals surface area contributed by atoms with E-state index in [0.717, 1.165) is 7.11 Å². The number of ketones is 1. The van der Waals surface area contributed by atoms with Crippen LogP contribution in [0.25, 0.3) is 0 Å². The Hall–Kier alpha value is -4.79. The van der Waals surface area contributed by atoms with Crippen LogP contribution in [0, 0.1) is 17.6 Å². The maximum atomic E-state index is 15.4. The second-order valence-corrected chi connectivity index (χ2v) is 9.50. The molecule has 0 spiro atoms. The Morgan fingerprint density at radius 3 is 2.17 bits per heavy atom. The molecule has 9 heteroatoms. The number of Topliss-reactive ketones (excluding diaryl/α,β-unsaturated/α-hetero) is 1. The molecule has 1 heterocycles. The van der Waals surface area contributed by atoms with Crippen molar-refractivity contribution in [1.82, 2.24) is 0 Å². The summed E-state index contributed by atoms with van der Waals surface area (Å²) in [6.45, 7) is 0. The molecular formula is C31H26F2N2O5. The summed E-state index contributed by atoms with van der Waals surface area (Å²) in [4.78, 5) is 42.3. The summed E-state index contributed by atoms with van der Waals surface area (Å²) in [5.41, 5.74) is 7.97. The first-order valence-electron chi connectivity index (χ1n) is 12.6. The lowest BCUT2D eigenvalue weighted by Gasteiger charge is -2.44. The molecule has 0 saturated heterocycles. The zero-order valence-corrected chi connectivity index (χ0v) is 21.8. The molecule has 3 atom stereocenters. The molecule has 40 heavy (non-hydrogen) atoms. The summed E-state index contributed by atoms with van der Waals surface area (Å²) < 4.78 is 39.4. The average molecular weight is 545 g/mol. The van der Waals surface area contributed by atoms with Crippen LogP contribution in [0.5, 0.6) is 0 Å². The molecule has 204 valence electrons. The second-order valence-electron chi connectivity index (χ2n) is 9.50. The smallest absolute Gasteiger partial charge is 0.338 e. The molecule has 0 amide bonds. The Morgan fingerprint density at radius 2 is 1.55 bits per heavy atom. The lowest BCUT2D eigenvalue weighted by Crippen LogP contribution is -2.46. The standard InChI is InChI=1S/C31H26F2N2O5/c1-39-30(37)25-21(17-8-4-3-5-9-17)16-23-26(28(25)36)24(20-10-6-7-11-22(20)33)27(31(38)40-2)29(34)35(23)19-14-12-18(32)13-15-19/h3-15,21,24-25H,16,34H2,1-2H3. The Morgan fingerprint density at radius 1 is 0.900 bits per heavy atom. The summed E-state index contributed by atoms with van der Waals surface area (Å²) in [6, 6.07) is 20.1. The van der Waals surface area contributed by atoms with Gasteiger partial charge in [0.1, 0.15) is 23.4 Å². The fourth-order valence-corrected chi connectivity index (χ4v) is 5.65. The van der Waals surface area contributed by atoms with Crippen molar-refractivity contribution in [2.24, 2.45) is 11.7 Å². The van der Waals surface area contributed by atoms with E-state index in [2.05, 4.69) is 0 Å². The number of allylic oxidation sites excluding steroid dienone is 2. The van der Waals surface area contributed by atoms with E-state index in [1.807, 2.05) is 6.07 Å². The minimum atomic E-state index is -1.27. The predicted octanol–water partition coefficient (Wildman–Crippen LogP) is 4.71. The van der Waals surface area contributed by atoms with Crippen molar-refractivity contribution in [2.75, 3.05) is 19.1 Å². The van der Waals surface area contributed by atoms with Gasteiger partial charge in [-0.15, -0.1) is 0 Å². The van der Waals surface area contributed by atoms with E-state index < -0.39 is 47.1 Å². The number of carbonyl (C=O) groups is 3. The van der Waals surface area contributed by atoms with Crippen LogP contribution >= 0.6 is 0 Å². The molecule has 2 aliphatic rings. The third-order valence-corrected chi connectivity index (χ3v) is 7.43. The Bertz CT molecular complexity index is 1550. The molecule has 1 aliphatic carbocycles. The van der Waals surface area contributed by atoms with Gasteiger partial charge in [-0.05, 0) is 42.3 Å². The van der Waals surface area contributed by atoms with E-state index in [1.54, 1.807) is 30.3 Å². The highest BCUT2D eigenvalue weighted by molar-refractivity contribution is 6.14. The second kappa shape index (κ2) is 10.8. The number of rotatable bonds is 5.